The fraction of sp³-hybridized carbons (Fsp3) is 0.500. The van der Waals surface area contributed by atoms with Crippen LogP contribution in [0.1, 0.15) is 29.6 Å². The highest BCUT2D eigenvalue weighted by Crippen LogP contribution is 2.27. The van der Waals surface area contributed by atoms with Crippen LogP contribution in [0.5, 0.6) is 5.75 Å². The molecule has 6 nitrogen and oxygen atoms in total. The predicted octanol–water partition coefficient (Wildman–Crippen LogP) is 1.12. The molecule has 3 N–H and O–H groups in total. The van der Waals surface area contributed by atoms with E-state index in [4.69, 9.17) is 0 Å². The molecule has 1 saturated carbocycles. The van der Waals surface area contributed by atoms with Crippen LogP contribution in [0.2, 0.25) is 0 Å². The van der Waals surface area contributed by atoms with E-state index < -0.39 is 44.9 Å². The van der Waals surface area contributed by atoms with Crippen LogP contribution in [0.25, 0.3) is 0 Å². The van der Waals surface area contributed by atoms with Gasteiger partial charge in [0.15, 0.2) is 11.6 Å². The molecular formula is C14H18F2N2O4S. The highest BCUT2D eigenvalue weighted by Gasteiger charge is 2.31. The average Bonchev–Trinajstić information content (AvgIpc) is 2.87. The molecule has 1 fully saturated rings. The Morgan fingerprint density at radius 2 is 2.04 bits per heavy atom. The number of phenolic OH excluding ortho intramolecular Hbond substituents is 1. The van der Waals surface area contributed by atoms with Crippen LogP contribution < -0.4 is 10.0 Å². The fourth-order valence-corrected chi connectivity index (χ4v) is 3.24. The number of rotatable bonds is 5. The van der Waals surface area contributed by atoms with E-state index in [1.54, 1.807) is 0 Å². The summed E-state index contributed by atoms with van der Waals surface area (Å²) in [6.45, 7) is 0.148. The lowest BCUT2D eigenvalue weighted by Gasteiger charge is -2.21. The lowest BCUT2D eigenvalue weighted by Crippen LogP contribution is -2.42. The van der Waals surface area contributed by atoms with E-state index in [2.05, 4.69) is 10.0 Å². The van der Waals surface area contributed by atoms with Gasteiger partial charge in [0, 0.05) is 12.6 Å². The van der Waals surface area contributed by atoms with Crippen LogP contribution in [0.3, 0.4) is 0 Å². The van der Waals surface area contributed by atoms with Crippen molar-refractivity contribution in [3.05, 3.63) is 29.3 Å². The Labute approximate surface area is 132 Å². The SMILES string of the molecule is CS(=O)(=O)NCC1CCCC1NC(=O)c1c(F)ccc(O)c1F. The van der Waals surface area contributed by atoms with Gasteiger partial charge in [-0.1, -0.05) is 6.42 Å². The number of amides is 1. The number of aromatic hydroxyl groups is 1. The molecule has 9 heteroatoms. The second kappa shape index (κ2) is 6.79. The van der Waals surface area contributed by atoms with Crippen molar-refractivity contribution in [3.8, 4) is 5.75 Å². The van der Waals surface area contributed by atoms with E-state index in [0.29, 0.717) is 12.8 Å². The molecule has 0 aromatic heterocycles. The minimum absolute atomic E-state index is 0.148. The summed E-state index contributed by atoms with van der Waals surface area (Å²) in [5, 5.41) is 11.8. The molecule has 1 amide bonds. The normalized spacial score (nSPS) is 21.3. The number of carbonyl (C=O) groups is 1. The highest BCUT2D eigenvalue weighted by molar-refractivity contribution is 7.88. The number of carbonyl (C=O) groups excluding carboxylic acids is 1. The van der Waals surface area contributed by atoms with Gasteiger partial charge < -0.3 is 10.4 Å². The molecule has 23 heavy (non-hydrogen) atoms. The molecule has 1 aromatic carbocycles. The molecule has 128 valence electrons. The van der Waals surface area contributed by atoms with Crippen LogP contribution >= 0.6 is 0 Å². The van der Waals surface area contributed by atoms with Gasteiger partial charge in [0.2, 0.25) is 10.0 Å². The second-order valence-corrected chi connectivity index (χ2v) is 7.48. The molecule has 2 atom stereocenters. The maximum atomic E-state index is 13.7. The number of phenols is 1. The van der Waals surface area contributed by atoms with Gasteiger partial charge in [0.25, 0.3) is 5.91 Å². The molecule has 0 spiro atoms. The Bertz CT molecular complexity index is 709. The first-order chi connectivity index (χ1) is 10.7. The van der Waals surface area contributed by atoms with Gasteiger partial charge in [-0.15, -0.1) is 0 Å². The van der Waals surface area contributed by atoms with Crippen molar-refractivity contribution in [2.75, 3.05) is 12.8 Å². The van der Waals surface area contributed by atoms with Gasteiger partial charge in [-0.3, -0.25) is 4.79 Å². The molecular weight excluding hydrogens is 330 g/mol. The third kappa shape index (κ3) is 4.38. The number of halogens is 2. The minimum Gasteiger partial charge on any atom is -0.505 e. The monoisotopic (exact) mass is 348 g/mol. The first-order valence-electron chi connectivity index (χ1n) is 7.11. The minimum atomic E-state index is -3.35. The van der Waals surface area contributed by atoms with Crippen LogP contribution in [-0.4, -0.2) is 38.3 Å². The average molecular weight is 348 g/mol. The first kappa shape index (κ1) is 17.6. The number of benzene rings is 1. The predicted molar refractivity (Wildman–Crippen MR) is 79.5 cm³/mol. The summed E-state index contributed by atoms with van der Waals surface area (Å²) in [4.78, 5) is 12.1. The summed E-state index contributed by atoms with van der Waals surface area (Å²) in [6.07, 6.45) is 3.08. The Balaban J connectivity index is 2.09. The van der Waals surface area contributed by atoms with E-state index in [1.807, 2.05) is 0 Å². The lowest BCUT2D eigenvalue weighted by molar-refractivity contribution is 0.0919. The van der Waals surface area contributed by atoms with Crippen LogP contribution in [0.4, 0.5) is 8.78 Å². The first-order valence-corrected chi connectivity index (χ1v) is 9.00. The zero-order valence-corrected chi connectivity index (χ0v) is 13.3. The molecule has 2 unspecified atom stereocenters. The highest BCUT2D eigenvalue weighted by atomic mass is 32.2. The second-order valence-electron chi connectivity index (χ2n) is 5.65. The van der Waals surface area contributed by atoms with Crippen LogP contribution in [-0.2, 0) is 10.0 Å². The molecule has 0 bridgehead atoms. The van der Waals surface area contributed by atoms with Crippen molar-refractivity contribution in [1.29, 1.82) is 0 Å². The molecule has 0 aliphatic heterocycles. The zero-order chi connectivity index (χ0) is 17.2. The number of sulfonamides is 1. The molecule has 1 aliphatic rings. The number of hydrogen-bond acceptors (Lipinski definition) is 4. The smallest absolute Gasteiger partial charge is 0.257 e. The van der Waals surface area contributed by atoms with Crippen molar-refractivity contribution in [2.45, 2.75) is 25.3 Å². The van der Waals surface area contributed by atoms with E-state index >= 15 is 0 Å². The Hall–Kier alpha value is -1.74. The van der Waals surface area contributed by atoms with Gasteiger partial charge in [0.05, 0.1) is 6.26 Å². The lowest BCUT2D eigenvalue weighted by atomic mass is 10.0. The topological polar surface area (TPSA) is 95.5 Å². The van der Waals surface area contributed by atoms with Gasteiger partial charge in [-0.2, -0.15) is 0 Å². The largest absolute Gasteiger partial charge is 0.505 e. The molecule has 1 aromatic rings. The van der Waals surface area contributed by atoms with Gasteiger partial charge in [0.1, 0.15) is 11.4 Å². The summed E-state index contributed by atoms with van der Waals surface area (Å²) >= 11 is 0. The Morgan fingerprint density at radius 3 is 2.70 bits per heavy atom. The van der Waals surface area contributed by atoms with Crippen molar-refractivity contribution >= 4 is 15.9 Å². The van der Waals surface area contributed by atoms with Crippen molar-refractivity contribution in [3.63, 3.8) is 0 Å². The standard InChI is InChI=1S/C14H18F2N2O4S/c1-23(21,22)17-7-8-3-2-4-10(8)18-14(20)12-9(15)5-6-11(19)13(12)16/h5-6,8,10,17,19H,2-4,7H2,1H3,(H,18,20). The van der Waals surface area contributed by atoms with Gasteiger partial charge in [-0.25, -0.2) is 21.9 Å². The van der Waals surface area contributed by atoms with Crippen LogP contribution in [0, 0.1) is 17.6 Å². The molecule has 2 rings (SSSR count). The van der Waals surface area contributed by atoms with E-state index in [0.717, 1.165) is 24.8 Å². The Morgan fingerprint density at radius 1 is 1.35 bits per heavy atom. The van der Waals surface area contributed by atoms with Gasteiger partial charge >= 0.3 is 0 Å². The summed E-state index contributed by atoms with van der Waals surface area (Å²) < 4.78 is 52.0. The quantitative estimate of drug-likeness (QED) is 0.743. The third-order valence-electron chi connectivity index (χ3n) is 3.88. The maximum absolute atomic E-state index is 13.7. The molecule has 1 aliphatic carbocycles. The summed E-state index contributed by atoms with van der Waals surface area (Å²) in [7, 11) is -3.35. The summed E-state index contributed by atoms with van der Waals surface area (Å²) in [5.74, 6) is -4.31. The van der Waals surface area contributed by atoms with Crippen molar-refractivity contribution < 1.29 is 27.1 Å². The third-order valence-corrected chi connectivity index (χ3v) is 4.57. The number of nitrogens with one attached hydrogen (secondary N) is 2. The molecule has 0 radical (unpaired) electrons. The zero-order valence-electron chi connectivity index (χ0n) is 12.5. The summed E-state index contributed by atoms with van der Waals surface area (Å²) in [5.41, 5.74) is -0.841. The Kier molecular flexibility index (Phi) is 5.20. The van der Waals surface area contributed by atoms with E-state index in [-0.39, 0.29) is 12.5 Å². The summed E-state index contributed by atoms with van der Waals surface area (Å²) in [6, 6.07) is 1.25. The van der Waals surface area contributed by atoms with Crippen molar-refractivity contribution in [1.82, 2.24) is 10.0 Å². The van der Waals surface area contributed by atoms with Gasteiger partial charge in [-0.05, 0) is 30.9 Å². The van der Waals surface area contributed by atoms with E-state index in [9.17, 15) is 27.1 Å². The number of hydrogen-bond donors (Lipinski definition) is 3. The molecule has 0 heterocycles. The van der Waals surface area contributed by atoms with E-state index in [1.165, 1.54) is 0 Å². The maximum Gasteiger partial charge on any atom is 0.257 e. The van der Waals surface area contributed by atoms with Crippen molar-refractivity contribution in [2.24, 2.45) is 5.92 Å². The fourth-order valence-electron chi connectivity index (χ4n) is 2.72. The van der Waals surface area contributed by atoms with Crippen LogP contribution in [0.15, 0.2) is 12.1 Å². The molecule has 0 saturated heterocycles.